The number of hydrogen-bond acceptors (Lipinski definition) is 3. The average molecular weight is 307 g/mol. The summed E-state index contributed by atoms with van der Waals surface area (Å²) in [4.78, 5) is 11.0. The molecule has 1 amide bonds. The van der Waals surface area contributed by atoms with Gasteiger partial charge in [0.2, 0.25) is 5.91 Å². The third-order valence-electron chi connectivity index (χ3n) is 3.94. The van der Waals surface area contributed by atoms with Crippen LogP contribution >= 0.6 is 0 Å². The van der Waals surface area contributed by atoms with Gasteiger partial charge in [-0.3, -0.25) is 10.0 Å². The lowest BCUT2D eigenvalue weighted by Crippen LogP contribution is -2.18. The lowest BCUT2D eigenvalue weighted by molar-refractivity contribution is -0.129. The van der Waals surface area contributed by atoms with Gasteiger partial charge in [0.1, 0.15) is 5.75 Å². The first-order valence-corrected chi connectivity index (χ1v) is 8.41. The molecule has 0 bridgehead atoms. The first-order chi connectivity index (χ1) is 10.7. The number of hydrogen-bond donors (Lipinski definition) is 3. The van der Waals surface area contributed by atoms with Crippen molar-refractivity contribution in [3.05, 3.63) is 29.3 Å². The first kappa shape index (κ1) is 18.5. The molecule has 4 heteroatoms. The number of nitrogens with one attached hydrogen (secondary N) is 1. The lowest BCUT2D eigenvalue weighted by Gasteiger charge is -2.08. The Morgan fingerprint density at radius 3 is 2.50 bits per heavy atom. The van der Waals surface area contributed by atoms with E-state index in [0.29, 0.717) is 12.8 Å². The molecule has 0 heterocycles. The van der Waals surface area contributed by atoms with Gasteiger partial charge in [-0.15, -0.1) is 0 Å². The molecule has 0 atom stereocenters. The van der Waals surface area contributed by atoms with Crippen LogP contribution in [0.5, 0.6) is 5.75 Å². The smallest absolute Gasteiger partial charge is 0.243 e. The zero-order valence-electron chi connectivity index (χ0n) is 13.6. The first-order valence-electron chi connectivity index (χ1n) is 8.41. The summed E-state index contributed by atoms with van der Waals surface area (Å²) in [5.74, 6) is -0.0983. The maximum Gasteiger partial charge on any atom is 0.243 e. The van der Waals surface area contributed by atoms with Crippen molar-refractivity contribution in [2.45, 2.75) is 71.1 Å². The second-order valence-corrected chi connectivity index (χ2v) is 5.87. The number of hydroxylamine groups is 1. The van der Waals surface area contributed by atoms with Crippen LogP contribution in [0, 0.1) is 0 Å². The number of aryl methyl sites for hydroxylation is 2. The highest BCUT2D eigenvalue weighted by molar-refractivity contribution is 5.74. The summed E-state index contributed by atoms with van der Waals surface area (Å²) in [6.07, 6.45) is 10.2. The molecule has 22 heavy (non-hydrogen) atoms. The largest absolute Gasteiger partial charge is 0.508 e. The van der Waals surface area contributed by atoms with Crippen LogP contribution in [0.25, 0.3) is 0 Å². The number of rotatable bonds is 11. The van der Waals surface area contributed by atoms with Crippen LogP contribution in [0.2, 0.25) is 0 Å². The van der Waals surface area contributed by atoms with Crippen molar-refractivity contribution in [1.82, 2.24) is 5.48 Å². The van der Waals surface area contributed by atoms with E-state index in [0.717, 1.165) is 12.0 Å². The highest BCUT2D eigenvalue weighted by atomic mass is 16.5. The molecule has 0 aliphatic heterocycles. The Labute approximate surface area is 133 Å². The molecule has 0 unspecified atom stereocenters. The molecule has 0 aliphatic carbocycles. The Hall–Kier alpha value is -1.55. The Kier molecular flexibility index (Phi) is 9.31. The van der Waals surface area contributed by atoms with Crippen molar-refractivity contribution in [2.24, 2.45) is 0 Å². The number of phenols is 1. The fraction of sp³-hybridized carbons (Fsp3) is 0.611. The van der Waals surface area contributed by atoms with E-state index in [1.54, 1.807) is 11.5 Å². The molecule has 0 saturated heterocycles. The van der Waals surface area contributed by atoms with Gasteiger partial charge in [0.25, 0.3) is 0 Å². The van der Waals surface area contributed by atoms with Gasteiger partial charge < -0.3 is 5.11 Å². The van der Waals surface area contributed by atoms with E-state index in [1.165, 1.54) is 44.1 Å². The van der Waals surface area contributed by atoms with Crippen molar-refractivity contribution in [1.29, 1.82) is 0 Å². The van der Waals surface area contributed by atoms with Crippen LogP contribution in [-0.4, -0.2) is 16.2 Å². The Morgan fingerprint density at radius 2 is 1.77 bits per heavy atom. The number of benzene rings is 1. The molecule has 0 fully saturated rings. The Bertz CT molecular complexity index is 446. The number of carbonyl (C=O) groups is 1. The Balaban J connectivity index is 2.36. The Morgan fingerprint density at radius 1 is 1.05 bits per heavy atom. The second kappa shape index (κ2) is 11.1. The molecule has 0 saturated carbocycles. The van der Waals surface area contributed by atoms with Gasteiger partial charge in [-0.1, -0.05) is 51.2 Å². The molecule has 0 aliphatic rings. The lowest BCUT2D eigenvalue weighted by atomic mass is 10.00. The number of unbranched alkanes of at least 4 members (excludes halogenated alkanes) is 5. The number of phenolic OH excluding ortho intramolecular Hbond substituents is 1. The van der Waals surface area contributed by atoms with Crippen molar-refractivity contribution in [2.75, 3.05) is 0 Å². The van der Waals surface area contributed by atoms with Crippen LogP contribution < -0.4 is 5.48 Å². The van der Waals surface area contributed by atoms with Gasteiger partial charge in [0.15, 0.2) is 0 Å². The van der Waals surface area contributed by atoms with E-state index in [4.69, 9.17) is 5.21 Å². The summed E-state index contributed by atoms with van der Waals surface area (Å²) in [7, 11) is 0. The van der Waals surface area contributed by atoms with E-state index in [1.807, 2.05) is 12.1 Å². The molecule has 1 aromatic carbocycles. The molecule has 1 rings (SSSR count). The maximum atomic E-state index is 11.0. The molecule has 0 spiro atoms. The van der Waals surface area contributed by atoms with Crippen LogP contribution in [0.1, 0.15) is 69.4 Å². The highest BCUT2D eigenvalue weighted by Crippen LogP contribution is 2.22. The van der Waals surface area contributed by atoms with Crippen LogP contribution in [0.15, 0.2) is 18.2 Å². The van der Waals surface area contributed by atoms with Crippen LogP contribution in [0.4, 0.5) is 0 Å². The third-order valence-corrected chi connectivity index (χ3v) is 3.94. The van der Waals surface area contributed by atoms with Crippen molar-refractivity contribution in [3.63, 3.8) is 0 Å². The SMILES string of the molecule is CCCCCCCCc1ccc(O)c(CCCC(=O)NO)c1. The summed E-state index contributed by atoms with van der Waals surface area (Å²) in [5, 5.41) is 18.3. The molecule has 0 radical (unpaired) electrons. The van der Waals surface area contributed by atoms with E-state index in [2.05, 4.69) is 6.92 Å². The number of aromatic hydroxyl groups is 1. The second-order valence-electron chi connectivity index (χ2n) is 5.87. The molecule has 124 valence electrons. The number of amides is 1. The topological polar surface area (TPSA) is 69.6 Å². The maximum absolute atomic E-state index is 11.0. The minimum absolute atomic E-state index is 0.262. The number of carbonyl (C=O) groups excluding carboxylic acids is 1. The quantitative estimate of drug-likeness (QED) is 0.327. The fourth-order valence-electron chi connectivity index (χ4n) is 2.60. The third kappa shape index (κ3) is 7.46. The van der Waals surface area contributed by atoms with Crippen LogP contribution in [-0.2, 0) is 17.6 Å². The van der Waals surface area contributed by atoms with Crippen molar-refractivity contribution in [3.8, 4) is 5.75 Å². The van der Waals surface area contributed by atoms with E-state index >= 15 is 0 Å². The summed E-state index contributed by atoms with van der Waals surface area (Å²) >= 11 is 0. The normalized spacial score (nSPS) is 10.6. The van der Waals surface area contributed by atoms with Crippen molar-refractivity contribution >= 4 is 5.91 Å². The minimum Gasteiger partial charge on any atom is -0.508 e. The highest BCUT2D eigenvalue weighted by Gasteiger charge is 2.05. The molecule has 3 N–H and O–H groups in total. The molecule has 4 nitrogen and oxygen atoms in total. The predicted octanol–water partition coefficient (Wildman–Crippen LogP) is 4.12. The standard InChI is InChI=1S/C18H29NO3/c1-2-3-4-5-6-7-9-15-12-13-17(20)16(14-15)10-8-11-18(21)19-22/h12-14,20,22H,2-11H2,1H3,(H,19,21). The van der Waals surface area contributed by atoms with Crippen LogP contribution in [0.3, 0.4) is 0 Å². The van der Waals surface area contributed by atoms with Gasteiger partial charge in [0.05, 0.1) is 0 Å². The molecule has 1 aromatic rings. The summed E-state index contributed by atoms with van der Waals surface area (Å²) in [5.41, 5.74) is 3.75. The fourth-order valence-corrected chi connectivity index (χ4v) is 2.60. The van der Waals surface area contributed by atoms with E-state index in [9.17, 15) is 9.90 Å². The van der Waals surface area contributed by atoms with E-state index < -0.39 is 0 Å². The van der Waals surface area contributed by atoms with Crippen molar-refractivity contribution < 1.29 is 15.1 Å². The van der Waals surface area contributed by atoms with Gasteiger partial charge in [-0.25, -0.2) is 5.48 Å². The predicted molar refractivity (Wildman–Crippen MR) is 88.1 cm³/mol. The van der Waals surface area contributed by atoms with Gasteiger partial charge >= 0.3 is 0 Å². The molecular weight excluding hydrogens is 278 g/mol. The minimum atomic E-state index is -0.386. The van der Waals surface area contributed by atoms with Gasteiger partial charge in [-0.2, -0.15) is 0 Å². The van der Waals surface area contributed by atoms with Gasteiger partial charge in [0, 0.05) is 6.42 Å². The summed E-state index contributed by atoms with van der Waals surface area (Å²) in [6, 6.07) is 5.76. The van der Waals surface area contributed by atoms with E-state index in [-0.39, 0.29) is 18.1 Å². The monoisotopic (exact) mass is 307 g/mol. The zero-order chi connectivity index (χ0) is 16.2. The average Bonchev–Trinajstić information content (AvgIpc) is 2.53. The summed E-state index contributed by atoms with van der Waals surface area (Å²) in [6.45, 7) is 2.22. The molecule has 0 aromatic heterocycles. The summed E-state index contributed by atoms with van der Waals surface area (Å²) < 4.78 is 0. The van der Waals surface area contributed by atoms with Gasteiger partial charge in [-0.05, 0) is 42.9 Å². The zero-order valence-corrected chi connectivity index (χ0v) is 13.6. The molecular formula is C18H29NO3.